The summed E-state index contributed by atoms with van der Waals surface area (Å²) in [5, 5.41) is 13.5. The van der Waals surface area contributed by atoms with Crippen molar-refractivity contribution in [2.24, 2.45) is 10.2 Å². The number of hydrazone groups is 2. The topological polar surface area (TPSA) is 67.2 Å². The Labute approximate surface area is 327 Å². The third-order valence-corrected chi connectivity index (χ3v) is 10.1. The SMILES string of the molecule is C(=C\c1cccs1)/C(=N\Nc1ccccc1)c1ccc(OCCCCCCCCOc2ccc(C(/C=C/c3cccs3)=N/Nc3ccccc3)cc2)cc1. The van der Waals surface area contributed by atoms with Gasteiger partial charge in [0.05, 0.1) is 36.0 Å². The summed E-state index contributed by atoms with van der Waals surface area (Å²) in [6.07, 6.45) is 15.1. The Kier molecular flexibility index (Phi) is 15.3. The monoisotopic (exact) mass is 750 g/mol. The number of thiophene rings is 2. The van der Waals surface area contributed by atoms with Crippen molar-refractivity contribution in [1.29, 1.82) is 0 Å². The van der Waals surface area contributed by atoms with Crippen LogP contribution in [0.15, 0.2) is 167 Å². The second-order valence-electron chi connectivity index (χ2n) is 12.5. The number of nitrogens with one attached hydrogen (secondary N) is 2. The third-order valence-electron chi connectivity index (χ3n) is 8.43. The molecule has 0 saturated carbocycles. The second-order valence-corrected chi connectivity index (χ2v) is 14.5. The van der Waals surface area contributed by atoms with E-state index in [-0.39, 0.29) is 0 Å². The molecule has 0 aliphatic heterocycles. The van der Waals surface area contributed by atoms with E-state index in [1.165, 1.54) is 22.6 Å². The van der Waals surface area contributed by atoms with Crippen LogP contribution in [0.3, 0.4) is 0 Å². The van der Waals surface area contributed by atoms with Gasteiger partial charge in [0, 0.05) is 20.9 Å². The molecule has 0 saturated heterocycles. The highest BCUT2D eigenvalue weighted by Gasteiger charge is 2.05. The molecule has 274 valence electrons. The smallest absolute Gasteiger partial charge is 0.119 e. The van der Waals surface area contributed by atoms with E-state index in [0.29, 0.717) is 13.2 Å². The Bertz CT molecular complexity index is 1890. The molecule has 0 radical (unpaired) electrons. The van der Waals surface area contributed by atoms with Crippen molar-refractivity contribution >= 4 is 57.6 Å². The largest absolute Gasteiger partial charge is 0.494 e. The number of hydrogen-bond donors (Lipinski definition) is 2. The predicted molar refractivity (Wildman–Crippen MR) is 231 cm³/mol. The summed E-state index contributed by atoms with van der Waals surface area (Å²) in [6, 6.07) is 44.6. The van der Waals surface area contributed by atoms with Crippen molar-refractivity contribution in [2.45, 2.75) is 38.5 Å². The van der Waals surface area contributed by atoms with Crippen molar-refractivity contribution in [3.8, 4) is 11.5 Å². The minimum absolute atomic E-state index is 0.714. The van der Waals surface area contributed by atoms with E-state index < -0.39 is 0 Å². The van der Waals surface area contributed by atoms with Crippen LogP contribution in [0.4, 0.5) is 11.4 Å². The molecule has 2 N–H and O–H groups in total. The van der Waals surface area contributed by atoms with Crippen molar-refractivity contribution in [3.05, 3.63) is 177 Å². The fraction of sp³-hybridized carbons (Fsp3) is 0.174. The lowest BCUT2D eigenvalue weighted by Gasteiger charge is -2.09. The molecule has 0 aliphatic carbocycles. The van der Waals surface area contributed by atoms with Gasteiger partial charge in [-0.15, -0.1) is 22.7 Å². The van der Waals surface area contributed by atoms with E-state index in [9.17, 15) is 0 Å². The van der Waals surface area contributed by atoms with Crippen molar-refractivity contribution < 1.29 is 9.47 Å². The van der Waals surface area contributed by atoms with Crippen LogP contribution in [-0.4, -0.2) is 24.6 Å². The van der Waals surface area contributed by atoms with Gasteiger partial charge in [-0.1, -0.05) is 74.2 Å². The molecule has 6 nitrogen and oxygen atoms in total. The van der Waals surface area contributed by atoms with E-state index in [2.05, 4.69) is 82.3 Å². The lowest BCUT2D eigenvalue weighted by molar-refractivity contribution is 0.297. The first-order chi connectivity index (χ1) is 26.8. The van der Waals surface area contributed by atoms with Crippen LogP contribution in [0.5, 0.6) is 11.5 Å². The van der Waals surface area contributed by atoms with Gasteiger partial charge in [-0.25, -0.2) is 0 Å². The van der Waals surface area contributed by atoms with Gasteiger partial charge in [-0.2, -0.15) is 10.2 Å². The Hall–Kier alpha value is -5.70. The third kappa shape index (κ3) is 13.1. The van der Waals surface area contributed by atoms with Gasteiger partial charge in [0.25, 0.3) is 0 Å². The Morgan fingerprint density at radius 1 is 0.463 bits per heavy atom. The first-order valence-corrected chi connectivity index (χ1v) is 20.2. The van der Waals surface area contributed by atoms with Gasteiger partial charge >= 0.3 is 0 Å². The quantitative estimate of drug-likeness (QED) is 0.0437. The van der Waals surface area contributed by atoms with Crippen LogP contribution in [0.25, 0.3) is 12.2 Å². The molecule has 2 heterocycles. The van der Waals surface area contributed by atoms with Crippen LogP contribution in [-0.2, 0) is 0 Å². The number of para-hydroxylation sites is 2. The summed E-state index contributed by atoms with van der Waals surface area (Å²) in [5.41, 5.74) is 12.0. The molecule has 0 atom stereocenters. The maximum absolute atomic E-state index is 6.06. The van der Waals surface area contributed by atoms with Gasteiger partial charge in [0.1, 0.15) is 11.5 Å². The summed E-state index contributed by atoms with van der Waals surface area (Å²) in [6.45, 7) is 1.43. The van der Waals surface area contributed by atoms with E-state index >= 15 is 0 Å². The van der Waals surface area contributed by atoms with Gasteiger partial charge in [-0.3, -0.25) is 10.9 Å². The number of anilines is 2. The number of allylic oxidation sites excluding steroid dienone is 2. The number of rotatable bonds is 21. The highest BCUT2D eigenvalue weighted by atomic mass is 32.1. The molecule has 0 unspecified atom stereocenters. The standard InChI is InChI=1S/C46H46N4O2S2/c1(3-11-33-51-41-25-21-37(22-26-41)45(31-29-43-19-13-35-53-43)49-47-39-15-7-5-8-16-39)2-4-12-34-52-42-27-23-38(24-28-42)46(32-30-44-20-14-36-54-44)50-48-40-17-9-6-10-18-40/h5-10,13-32,35-36,47-48H,1-4,11-12,33-34H2/b31-29+,32-30+,49-45+,50-46+. The zero-order chi connectivity index (χ0) is 36.9. The summed E-state index contributed by atoms with van der Waals surface area (Å²) >= 11 is 3.41. The molecule has 54 heavy (non-hydrogen) atoms. The number of unbranched alkanes of at least 4 members (excludes halogenated alkanes) is 5. The second kappa shape index (κ2) is 21.7. The highest BCUT2D eigenvalue weighted by Crippen LogP contribution is 2.19. The zero-order valence-corrected chi connectivity index (χ0v) is 32.0. The molecular formula is C46H46N4O2S2. The van der Waals surface area contributed by atoms with Crippen LogP contribution in [0.2, 0.25) is 0 Å². The maximum Gasteiger partial charge on any atom is 0.119 e. The van der Waals surface area contributed by atoms with Gasteiger partial charge in [0.2, 0.25) is 0 Å². The van der Waals surface area contributed by atoms with Crippen molar-refractivity contribution in [3.63, 3.8) is 0 Å². The number of benzene rings is 4. The normalized spacial score (nSPS) is 12.0. The maximum atomic E-state index is 6.06. The fourth-order valence-corrected chi connectivity index (χ4v) is 6.74. The van der Waals surface area contributed by atoms with E-state index in [1.807, 2.05) is 97.1 Å². The molecule has 0 bridgehead atoms. The molecule has 2 aromatic heterocycles. The average molecular weight is 751 g/mol. The average Bonchev–Trinajstić information content (AvgIpc) is 3.96. The van der Waals surface area contributed by atoms with E-state index in [0.717, 1.165) is 71.1 Å². The summed E-state index contributed by atoms with van der Waals surface area (Å²) < 4.78 is 12.1. The summed E-state index contributed by atoms with van der Waals surface area (Å²) in [7, 11) is 0. The van der Waals surface area contributed by atoms with Crippen molar-refractivity contribution in [1.82, 2.24) is 0 Å². The Morgan fingerprint density at radius 2 is 0.870 bits per heavy atom. The molecule has 6 aromatic rings. The Morgan fingerprint density at radius 3 is 1.26 bits per heavy atom. The molecule has 0 aliphatic rings. The fourth-order valence-electron chi connectivity index (χ4n) is 5.50. The van der Waals surface area contributed by atoms with Gasteiger partial charge < -0.3 is 9.47 Å². The first-order valence-electron chi connectivity index (χ1n) is 18.5. The molecular weight excluding hydrogens is 705 g/mol. The molecule has 0 spiro atoms. The molecule has 8 heteroatoms. The number of hydrogen-bond acceptors (Lipinski definition) is 8. The van der Waals surface area contributed by atoms with Crippen molar-refractivity contribution in [2.75, 3.05) is 24.1 Å². The van der Waals surface area contributed by atoms with Gasteiger partial charge in [0.15, 0.2) is 0 Å². The highest BCUT2D eigenvalue weighted by molar-refractivity contribution is 7.11. The number of nitrogens with zero attached hydrogens (tertiary/aromatic N) is 2. The predicted octanol–water partition coefficient (Wildman–Crippen LogP) is 12.7. The molecule has 0 fully saturated rings. The van der Waals surface area contributed by atoms with E-state index in [4.69, 9.17) is 19.7 Å². The first kappa shape index (κ1) is 38.0. The summed E-state index contributed by atoms with van der Waals surface area (Å²) in [4.78, 5) is 2.37. The van der Waals surface area contributed by atoms with Crippen LogP contribution in [0.1, 0.15) is 59.4 Å². The summed E-state index contributed by atoms with van der Waals surface area (Å²) in [5.74, 6) is 1.76. The Balaban J connectivity index is 0.871. The lowest BCUT2D eigenvalue weighted by Crippen LogP contribution is -2.02. The molecule has 6 rings (SSSR count). The molecule has 4 aromatic carbocycles. The minimum Gasteiger partial charge on any atom is -0.494 e. The minimum atomic E-state index is 0.714. The van der Waals surface area contributed by atoms with E-state index in [1.54, 1.807) is 22.7 Å². The van der Waals surface area contributed by atoms with Crippen LogP contribution in [0, 0.1) is 0 Å². The lowest BCUT2D eigenvalue weighted by atomic mass is 10.1. The van der Waals surface area contributed by atoms with Crippen LogP contribution >= 0.6 is 22.7 Å². The zero-order valence-electron chi connectivity index (χ0n) is 30.4. The number of ether oxygens (including phenoxy) is 2. The van der Waals surface area contributed by atoms with Gasteiger partial charge in [-0.05, 0) is 133 Å². The van der Waals surface area contributed by atoms with Crippen LogP contribution < -0.4 is 20.3 Å². The molecule has 0 amide bonds.